The van der Waals surface area contributed by atoms with Crippen molar-refractivity contribution in [3.05, 3.63) is 34.9 Å². The number of nitrogens with one attached hydrogen (secondary N) is 1. The van der Waals surface area contributed by atoms with E-state index in [1.54, 1.807) is 19.1 Å². The molecule has 0 aromatic heterocycles. The molecule has 104 valence electrons. The minimum Gasteiger partial charge on any atom is -0.493 e. The summed E-state index contributed by atoms with van der Waals surface area (Å²) in [5.74, 6) is 1.68. The van der Waals surface area contributed by atoms with Crippen LogP contribution in [0, 0.1) is 0 Å². The van der Waals surface area contributed by atoms with Crippen LogP contribution < -0.4 is 14.4 Å². The molecule has 0 spiro atoms. The number of fused-ring (bicyclic) bond motifs is 1. The van der Waals surface area contributed by atoms with E-state index < -0.39 is 0 Å². The molecule has 1 N–H and O–H groups in total. The van der Waals surface area contributed by atoms with Crippen molar-refractivity contribution in [2.75, 3.05) is 27.3 Å². The van der Waals surface area contributed by atoms with Gasteiger partial charge in [0, 0.05) is 12.0 Å². The monoisotopic (exact) mass is 262 g/mol. The van der Waals surface area contributed by atoms with Gasteiger partial charge < -0.3 is 14.4 Å². The van der Waals surface area contributed by atoms with Crippen LogP contribution in [0.5, 0.6) is 11.5 Å². The van der Waals surface area contributed by atoms with Crippen LogP contribution in [0.25, 0.3) is 0 Å². The molecule has 0 bridgehead atoms. The zero-order valence-electron chi connectivity index (χ0n) is 12.4. The first-order chi connectivity index (χ1) is 9.17. The summed E-state index contributed by atoms with van der Waals surface area (Å²) in [6.07, 6.45) is 3.32. The van der Waals surface area contributed by atoms with Gasteiger partial charge >= 0.3 is 0 Å². The Labute approximate surface area is 115 Å². The minimum atomic E-state index is 0.838. The Bertz CT molecular complexity index is 480. The Hall–Kier alpha value is -1.48. The molecule has 3 heteroatoms. The van der Waals surface area contributed by atoms with Crippen molar-refractivity contribution in [2.24, 2.45) is 0 Å². The maximum absolute atomic E-state index is 5.39. The van der Waals surface area contributed by atoms with E-state index in [0.29, 0.717) is 0 Å². The molecule has 19 heavy (non-hydrogen) atoms. The maximum atomic E-state index is 5.39. The van der Waals surface area contributed by atoms with Gasteiger partial charge in [0.05, 0.1) is 27.3 Å². The molecule has 1 atom stereocenters. The molecule has 1 aromatic carbocycles. The molecule has 0 amide bonds. The molecule has 3 nitrogen and oxygen atoms in total. The summed E-state index contributed by atoms with van der Waals surface area (Å²) in [5, 5.41) is 0. The summed E-state index contributed by atoms with van der Waals surface area (Å²) in [4.78, 5) is 1.62. The highest BCUT2D eigenvalue weighted by Crippen LogP contribution is 2.31. The molecular weight excluding hydrogens is 238 g/mol. The van der Waals surface area contributed by atoms with E-state index in [0.717, 1.165) is 31.0 Å². The fraction of sp³-hybridized carbons (Fsp3) is 0.500. The van der Waals surface area contributed by atoms with E-state index in [1.807, 2.05) is 0 Å². The summed E-state index contributed by atoms with van der Waals surface area (Å²) in [5.41, 5.74) is 4.25. The lowest BCUT2D eigenvalue weighted by Crippen LogP contribution is -3.11. The first-order valence-corrected chi connectivity index (χ1v) is 6.87. The minimum absolute atomic E-state index is 0.838. The van der Waals surface area contributed by atoms with Gasteiger partial charge in [-0.05, 0) is 37.1 Å². The molecule has 0 fully saturated rings. The standard InChI is InChI=1S/C16H23NO2/c1-5-12(2)10-17-7-6-13-8-15(18-3)16(19-4)9-14(13)11-17/h5,8-9H,6-7,10-11H2,1-4H3/p+1/b12-5+. The first kappa shape index (κ1) is 13.9. The summed E-state index contributed by atoms with van der Waals surface area (Å²) < 4.78 is 10.8. The molecule has 0 radical (unpaired) electrons. The van der Waals surface area contributed by atoms with Crippen molar-refractivity contribution < 1.29 is 14.4 Å². The van der Waals surface area contributed by atoms with Gasteiger partial charge in [0.1, 0.15) is 6.54 Å². The van der Waals surface area contributed by atoms with E-state index in [1.165, 1.54) is 23.2 Å². The molecule has 0 aliphatic carbocycles. The lowest BCUT2D eigenvalue weighted by Gasteiger charge is -2.27. The van der Waals surface area contributed by atoms with Crippen molar-refractivity contribution >= 4 is 0 Å². The van der Waals surface area contributed by atoms with Gasteiger partial charge in [-0.15, -0.1) is 0 Å². The van der Waals surface area contributed by atoms with Crippen LogP contribution in [-0.4, -0.2) is 27.3 Å². The number of ether oxygens (including phenoxy) is 2. The fourth-order valence-electron chi connectivity index (χ4n) is 2.68. The summed E-state index contributed by atoms with van der Waals surface area (Å²) in [7, 11) is 3.39. The number of rotatable bonds is 4. The normalized spacial score (nSPS) is 18.9. The Kier molecular flexibility index (Phi) is 4.48. The highest BCUT2D eigenvalue weighted by Gasteiger charge is 2.21. The zero-order chi connectivity index (χ0) is 13.8. The molecule has 0 saturated carbocycles. The van der Waals surface area contributed by atoms with Gasteiger partial charge in [0.15, 0.2) is 11.5 Å². The van der Waals surface area contributed by atoms with Gasteiger partial charge in [0.2, 0.25) is 0 Å². The number of allylic oxidation sites excluding steroid dienone is 1. The maximum Gasteiger partial charge on any atom is 0.161 e. The average molecular weight is 262 g/mol. The molecular formula is C16H24NO2+. The van der Waals surface area contributed by atoms with Crippen molar-refractivity contribution in [2.45, 2.75) is 26.8 Å². The Morgan fingerprint density at radius 2 is 1.84 bits per heavy atom. The van der Waals surface area contributed by atoms with E-state index in [-0.39, 0.29) is 0 Å². The quantitative estimate of drug-likeness (QED) is 0.833. The lowest BCUT2D eigenvalue weighted by molar-refractivity contribution is -0.911. The van der Waals surface area contributed by atoms with Crippen LogP contribution in [0.2, 0.25) is 0 Å². The van der Waals surface area contributed by atoms with Crippen LogP contribution >= 0.6 is 0 Å². The Balaban J connectivity index is 2.20. The van der Waals surface area contributed by atoms with Crippen LogP contribution in [0.15, 0.2) is 23.8 Å². The average Bonchev–Trinajstić information content (AvgIpc) is 2.45. The van der Waals surface area contributed by atoms with E-state index >= 15 is 0 Å². The van der Waals surface area contributed by atoms with Gasteiger partial charge in [0.25, 0.3) is 0 Å². The van der Waals surface area contributed by atoms with Crippen LogP contribution in [0.1, 0.15) is 25.0 Å². The largest absolute Gasteiger partial charge is 0.493 e. The van der Waals surface area contributed by atoms with Crippen molar-refractivity contribution in [3.8, 4) is 11.5 Å². The van der Waals surface area contributed by atoms with Gasteiger partial charge in [-0.3, -0.25) is 0 Å². The molecule has 1 aliphatic rings. The third-order valence-electron chi connectivity index (χ3n) is 3.92. The van der Waals surface area contributed by atoms with Gasteiger partial charge in [-0.2, -0.15) is 0 Å². The molecule has 1 aromatic rings. The number of benzene rings is 1. The molecule has 1 unspecified atom stereocenters. The van der Waals surface area contributed by atoms with Crippen molar-refractivity contribution in [3.63, 3.8) is 0 Å². The van der Waals surface area contributed by atoms with E-state index in [2.05, 4.69) is 32.1 Å². The second-order valence-corrected chi connectivity index (χ2v) is 5.21. The second kappa shape index (κ2) is 6.11. The summed E-state index contributed by atoms with van der Waals surface area (Å²) in [6.45, 7) is 7.70. The third kappa shape index (κ3) is 3.10. The Morgan fingerprint density at radius 1 is 1.21 bits per heavy atom. The first-order valence-electron chi connectivity index (χ1n) is 6.87. The summed E-state index contributed by atoms with van der Waals surface area (Å²) in [6, 6.07) is 4.27. The molecule has 1 heterocycles. The lowest BCUT2D eigenvalue weighted by atomic mass is 9.98. The van der Waals surface area contributed by atoms with Crippen LogP contribution in [0.3, 0.4) is 0 Å². The SMILES string of the molecule is C/C=C(\C)C[NH+]1CCc2cc(OC)c(OC)cc2C1. The highest BCUT2D eigenvalue weighted by atomic mass is 16.5. The zero-order valence-corrected chi connectivity index (χ0v) is 12.4. The number of hydrogen-bond acceptors (Lipinski definition) is 2. The predicted molar refractivity (Wildman–Crippen MR) is 77.1 cm³/mol. The number of hydrogen-bond donors (Lipinski definition) is 1. The molecule has 0 saturated heterocycles. The topological polar surface area (TPSA) is 22.9 Å². The van der Waals surface area contributed by atoms with E-state index in [4.69, 9.17) is 9.47 Å². The predicted octanol–water partition coefficient (Wildman–Crippen LogP) is 1.61. The number of methoxy groups -OCH3 is 2. The van der Waals surface area contributed by atoms with Crippen molar-refractivity contribution in [1.82, 2.24) is 0 Å². The van der Waals surface area contributed by atoms with Crippen LogP contribution in [-0.2, 0) is 13.0 Å². The molecule has 1 aliphatic heterocycles. The highest BCUT2D eigenvalue weighted by molar-refractivity contribution is 5.47. The third-order valence-corrected chi connectivity index (χ3v) is 3.92. The number of quaternary nitrogens is 1. The van der Waals surface area contributed by atoms with Gasteiger partial charge in [-0.25, -0.2) is 0 Å². The fourth-order valence-corrected chi connectivity index (χ4v) is 2.68. The van der Waals surface area contributed by atoms with Gasteiger partial charge in [-0.1, -0.05) is 6.08 Å². The van der Waals surface area contributed by atoms with E-state index in [9.17, 15) is 0 Å². The summed E-state index contributed by atoms with van der Waals surface area (Å²) >= 11 is 0. The Morgan fingerprint density at radius 3 is 2.42 bits per heavy atom. The molecule has 2 rings (SSSR count). The smallest absolute Gasteiger partial charge is 0.161 e. The van der Waals surface area contributed by atoms with Crippen molar-refractivity contribution in [1.29, 1.82) is 0 Å². The second-order valence-electron chi connectivity index (χ2n) is 5.21. The van der Waals surface area contributed by atoms with Crippen LogP contribution in [0.4, 0.5) is 0 Å².